The van der Waals surface area contributed by atoms with Crippen LogP contribution >= 0.6 is 0 Å². The molecule has 0 atom stereocenters. The van der Waals surface area contributed by atoms with E-state index >= 15 is 0 Å². The Morgan fingerprint density at radius 2 is 2.00 bits per heavy atom. The summed E-state index contributed by atoms with van der Waals surface area (Å²) in [6, 6.07) is 4.95. The van der Waals surface area contributed by atoms with E-state index in [4.69, 9.17) is 9.47 Å². The average molecular weight is 306 g/mol. The van der Waals surface area contributed by atoms with Crippen LogP contribution in [0.25, 0.3) is 0 Å². The Balaban J connectivity index is 2.29. The number of carbonyl (C=O) groups is 1. The molecular weight excluding hydrogens is 280 g/mol. The molecule has 1 heterocycles. The number of Topliss-reactive ketones (excluding diaryl/α,β-unsaturated/α-hetero) is 1. The predicted octanol–water partition coefficient (Wildman–Crippen LogP) is 4.67. The van der Waals surface area contributed by atoms with Gasteiger partial charge >= 0.3 is 0 Å². The molecule has 0 N–H and O–H groups in total. The third-order valence-corrected chi connectivity index (χ3v) is 5.57. The van der Waals surface area contributed by atoms with Crippen molar-refractivity contribution < 1.29 is 14.3 Å². The van der Waals surface area contributed by atoms with Crippen molar-refractivity contribution in [2.75, 3.05) is 6.79 Å². The molecule has 0 unspecified atom stereocenters. The number of unbranched alkanes of at least 4 members (excludes halogenated alkanes) is 1. The highest BCUT2D eigenvalue weighted by molar-refractivity contribution is 6.76. The van der Waals surface area contributed by atoms with E-state index < -0.39 is 8.07 Å². The summed E-state index contributed by atoms with van der Waals surface area (Å²) in [6.07, 6.45) is 3.52. The van der Waals surface area contributed by atoms with Gasteiger partial charge in [0.2, 0.25) is 6.79 Å². The van der Waals surface area contributed by atoms with E-state index in [0.29, 0.717) is 6.42 Å². The van der Waals surface area contributed by atoms with E-state index in [9.17, 15) is 4.79 Å². The molecule has 116 valence electrons. The molecule has 1 aromatic carbocycles. The maximum absolute atomic E-state index is 12.5. The van der Waals surface area contributed by atoms with Gasteiger partial charge in [-0.15, -0.1) is 0 Å². The van der Waals surface area contributed by atoms with Crippen LogP contribution in [0.4, 0.5) is 0 Å². The minimum atomic E-state index is -1.16. The van der Waals surface area contributed by atoms with Crippen LogP contribution in [0.5, 0.6) is 11.5 Å². The van der Waals surface area contributed by atoms with Gasteiger partial charge in [-0.25, -0.2) is 0 Å². The largest absolute Gasteiger partial charge is 0.454 e. The molecule has 4 heteroatoms. The zero-order valence-electron chi connectivity index (χ0n) is 13.6. The second kappa shape index (κ2) is 6.65. The Morgan fingerprint density at radius 3 is 2.67 bits per heavy atom. The predicted molar refractivity (Wildman–Crippen MR) is 88.3 cm³/mol. The number of hydrogen-bond acceptors (Lipinski definition) is 3. The van der Waals surface area contributed by atoms with Crippen molar-refractivity contribution in [2.24, 2.45) is 0 Å². The quantitative estimate of drug-likeness (QED) is 0.542. The van der Waals surface area contributed by atoms with E-state index in [2.05, 4.69) is 26.6 Å². The average Bonchev–Trinajstić information content (AvgIpc) is 2.89. The molecule has 0 aliphatic carbocycles. The van der Waals surface area contributed by atoms with Gasteiger partial charge in [-0.2, -0.15) is 0 Å². The van der Waals surface area contributed by atoms with Gasteiger partial charge in [0.1, 0.15) is 0 Å². The lowest BCUT2D eigenvalue weighted by Gasteiger charge is -2.18. The summed E-state index contributed by atoms with van der Waals surface area (Å²) in [6.45, 7) is 9.44. The van der Waals surface area contributed by atoms with Crippen molar-refractivity contribution in [1.29, 1.82) is 0 Å². The molecule has 0 fully saturated rings. The first-order chi connectivity index (χ1) is 9.92. The molecule has 3 nitrogen and oxygen atoms in total. The maximum atomic E-state index is 12.5. The standard InChI is InChI=1S/C17H26O3Si/c1-5-6-7-15(18)13-8-9-16-17(20-12-19-16)14(13)10-11-21(2,3)4/h8-9H,5-7,10-12H2,1-4H3. The van der Waals surface area contributed by atoms with Gasteiger partial charge in [-0.3, -0.25) is 4.79 Å². The van der Waals surface area contributed by atoms with Crippen LogP contribution in [0.3, 0.4) is 0 Å². The second-order valence-electron chi connectivity index (χ2n) is 6.91. The van der Waals surface area contributed by atoms with E-state index in [0.717, 1.165) is 47.9 Å². The number of hydrogen-bond donors (Lipinski definition) is 0. The molecule has 0 radical (unpaired) electrons. The van der Waals surface area contributed by atoms with Gasteiger partial charge in [0.05, 0.1) is 0 Å². The van der Waals surface area contributed by atoms with E-state index in [1.807, 2.05) is 12.1 Å². The van der Waals surface area contributed by atoms with E-state index in [1.54, 1.807) is 0 Å². The Hall–Kier alpha value is -1.29. The third-order valence-electron chi connectivity index (χ3n) is 3.82. The van der Waals surface area contributed by atoms with Crippen LogP contribution in [-0.4, -0.2) is 20.7 Å². The first-order valence-corrected chi connectivity index (χ1v) is 11.6. The van der Waals surface area contributed by atoms with Crippen LogP contribution in [0.15, 0.2) is 12.1 Å². The van der Waals surface area contributed by atoms with Crippen LogP contribution in [0.2, 0.25) is 25.7 Å². The fraction of sp³-hybridized carbons (Fsp3) is 0.588. The third kappa shape index (κ3) is 4.10. The molecule has 0 aromatic heterocycles. The minimum Gasteiger partial charge on any atom is -0.454 e. The first-order valence-electron chi connectivity index (χ1n) is 7.87. The van der Waals surface area contributed by atoms with Crippen molar-refractivity contribution in [3.63, 3.8) is 0 Å². The molecule has 0 saturated heterocycles. The molecule has 2 rings (SSSR count). The molecule has 1 aromatic rings. The molecule has 21 heavy (non-hydrogen) atoms. The zero-order valence-corrected chi connectivity index (χ0v) is 14.6. The number of fused-ring (bicyclic) bond motifs is 1. The highest BCUT2D eigenvalue weighted by Crippen LogP contribution is 2.39. The smallest absolute Gasteiger partial charge is 0.231 e. The maximum Gasteiger partial charge on any atom is 0.231 e. The molecule has 1 aliphatic heterocycles. The van der Waals surface area contributed by atoms with E-state index in [-0.39, 0.29) is 12.6 Å². The van der Waals surface area contributed by atoms with Gasteiger partial charge in [0, 0.05) is 25.6 Å². The highest BCUT2D eigenvalue weighted by Gasteiger charge is 2.25. The van der Waals surface area contributed by atoms with Gasteiger partial charge in [-0.1, -0.05) is 39.0 Å². The van der Waals surface area contributed by atoms with Crippen molar-refractivity contribution in [1.82, 2.24) is 0 Å². The normalized spacial score (nSPS) is 13.5. The Morgan fingerprint density at radius 1 is 1.24 bits per heavy atom. The Labute approximate surface area is 128 Å². The highest BCUT2D eigenvalue weighted by atomic mass is 28.3. The van der Waals surface area contributed by atoms with Crippen LogP contribution in [0.1, 0.15) is 42.1 Å². The first kappa shape index (κ1) is 16.1. The van der Waals surface area contributed by atoms with Crippen LogP contribution in [-0.2, 0) is 6.42 Å². The molecule has 1 aliphatic rings. The fourth-order valence-corrected chi connectivity index (χ4v) is 3.51. The Bertz CT molecular complexity index is 518. The molecule has 0 amide bonds. The zero-order chi connectivity index (χ0) is 15.5. The van der Waals surface area contributed by atoms with Gasteiger partial charge < -0.3 is 9.47 Å². The summed E-state index contributed by atoms with van der Waals surface area (Å²) in [5.41, 5.74) is 1.90. The molecular formula is C17H26O3Si. The topological polar surface area (TPSA) is 35.5 Å². The summed E-state index contributed by atoms with van der Waals surface area (Å²) in [5, 5.41) is 0. The number of ketones is 1. The summed E-state index contributed by atoms with van der Waals surface area (Å²) < 4.78 is 11.1. The molecule has 0 saturated carbocycles. The lowest BCUT2D eigenvalue weighted by molar-refractivity contribution is 0.0978. The summed E-state index contributed by atoms with van der Waals surface area (Å²) in [4.78, 5) is 12.5. The second-order valence-corrected chi connectivity index (χ2v) is 12.5. The van der Waals surface area contributed by atoms with Gasteiger partial charge in [0.15, 0.2) is 17.3 Å². The fourth-order valence-electron chi connectivity index (χ4n) is 2.51. The van der Waals surface area contributed by atoms with Crippen molar-refractivity contribution in [2.45, 2.75) is 58.3 Å². The van der Waals surface area contributed by atoms with Gasteiger partial charge in [0.25, 0.3) is 0 Å². The van der Waals surface area contributed by atoms with Crippen LogP contribution in [0, 0.1) is 0 Å². The lowest BCUT2D eigenvalue weighted by atomic mass is 9.97. The number of rotatable bonds is 7. The van der Waals surface area contributed by atoms with Gasteiger partial charge in [-0.05, 0) is 25.0 Å². The van der Waals surface area contributed by atoms with E-state index in [1.165, 1.54) is 0 Å². The summed E-state index contributed by atoms with van der Waals surface area (Å²) in [5.74, 6) is 1.82. The number of ether oxygens (including phenoxy) is 2. The Kier molecular flexibility index (Phi) is 5.09. The summed E-state index contributed by atoms with van der Waals surface area (Å²) >= 11 is 0. The van der Waals surface area contributed by atoms with Crippen molar-refractivity contribution in [3.8, 4) is 11.5 Å². The monoisotopic (exact) mass is 306 g/mol. The minimum absolute atomic E-state index is 0.237. The molecule has 0 bridgehead atoms. The molecule has 0 spiro atoms. The van der Waals surface area contributed by atoms with Crippen molar-refractivity contribution in [3.05, 3.63) is 23.3 Å². The lowest BCUT2D eigenvalue weighted by Crippen LogP contribution is -2.20. The van der Waals surface area contributed by atoms with Crippen LogP contribution < -0.4 is 9.47 Å². The van der Waals surface area contributed by atoms with Crippen molar-refractivity contribution >= 4 is 13.9 Å². The summed E-state index contributed by atoms with van der Waals surface area (Å²) in [7, 11) is -1.16. The number of carbonyl (C=O) groups excluding carboxylic acids is 1. The number of benzene rings is 1. The SMILES string of the molecule is CCCCC(=O)c1ccc2c(c1CC[Si](C)(C)C)OCO2.